The smallest absolute Gasteiger partial charge is 0.382 e. The molecule has 2 aliphatic heterocycles. The normalized spacial score (nSPS) is 24.4. The first-order valence-electron chi connectivity index (χ1n) is 12.3. The van der Waals surface area contributed by atoms with Gasteiger partial charge in [0, 0.05) is 36.9 Å². The van der Waals surface area contributed by atoms with Crippen molar-refractivity contribution in [3.63, 3.8) is 0 Å². The number of hydrogen-bond donors (Lipinski definition) is 2. The van der Waals surface area contributed by atoms with Gasteiger partial charge in [0.1, 0.15) is 18.3 Å². The Morgan fingerprint density at radius 2 is 2.15 bits per heavy atom. The molecule has 0 saturated carbocycles. The summed E-state index contributed by atoms with van der Waals surface area (Å²) >= 11 is 0.824. The van der Waals surface area contributed by atoms with Crippen molar-refractivity contribution in [3.05, 3.63) is 24.1 Å². The number of nitrogens with one attached hydrogen (secondary N) is 2. The zero-order valence-electron chi connectivity index (χ0n) is 21.1. The van der Waals surface area contributed by atoms with Gasteiger partial charge in [0.15, 0.2) is 0 Å². The van der Waals surface area contributed by atoms with Gasteiger partial charge in [-0.05, 0) is 31.3 Å². The van der Waals surface area contributed by atoms with Crippen molar-refractivity contribution in [2.75, 3.05) is 45.8 Å². The summed E-state index contributed by atoms with van der Waals surface area (Å²) in [4.78, 5) is 18.6. The van der Waals surface area contributed by atoms with E-state index in [2.05, 4.69) is 20.8 Å². The predicted molar refractivity (Wildman–Crippen MR) is 139 cm³/mol. The lowest BCUT2D eigenvalue weighted by Gasteiger charge is -2.33. The number of nitrogens with zero attached hydrogens (tertiary/aromatic N) is 3. The molecular weight excluding hydrogens is 562 g/mol. The molecule has 0 radical (unpaired) electrons. The van der Waals surface area contributed by atoms with E-state index in [1.165, 1.54) is 7.11 Å². The maximum atomic E-state index is 14.7. The molecule has 9 nitrogen and oxygen atoms in total. The van der Waals surface area contributed by atoms with Crippen LogP contribution in [-0.4, -0.2) is 85.2 Å². The number of methoxy groups -OCH3 is 1. The summed E-state index contributed by atoms with van der Waals surface area (Å²) in [7, 11) is 3.37. The number of fused-ring (bicyclic) bond motifs is 1. The molecule has 2 fully saturated rings. The molecule has 39 heavy (non-hydrogen) atoms. The van der Waals surface area contributed by atoms with E-state index in [0.29, 0.717) is 35.3 Å². The third-order valence-corrected chi connectivity index (χ3v) is 8.80. The van der Waals surface area contributed by atoms with Crippen LogP contribution in [0.2, 0.25) is 0 Å². The second kappa shape index (κ2) is 11.6. The Balaban J connectivity index is 1.44. The second-order valence-electron chi connectivity index (χ2n) is 9.41. The molecule has 0 aliphatic carbocycles. The van der Waals surface area contributed by atoms with Gasteiger partial charge >= 0.3 is 5.51 Å². The molecule has 1 aromatic carbocycles. The Morgan fingerprint density at radius 1 is 1.33 bits per heavy atom. The van der Waals surface area contributed by atoms with Crippen LogP contribution in [0, 0.1) is 0 Å². The van der Waals surface area contributed by atoms with Gasteiger partial charge in [0.05, 0.1) is 34.5 Å². The SMILES string of the molecule is COCCO[C@H]1C[C@H](c2nc(-c3sc4c(N[C@@H]5CCN(C)C[C@@H]5F)cccc4c3SC(F)(F)F)no2)NC1=O. The van der Waals surface area contributed by atoms with Crippen LogP contribution in [0.4, 0.5) is 23.2 Å². The lowest BCUT2D eigenvalue weighted by Crippen LogP contribution is -2.46. The molecule has 0 bridgehead atoms. The summed E-state index contributed by atoms with van der Waals surface area (Å²) in [6.45, 7) is 1.54. The molecule has 4 heterocycles. The Morgan fingerprint density at radius 3 is 2.90 bits per heavy atom. The largest absolute Gasteiger partial charge is 0.446 e. The average Bonchev–Trinajstić information content (AvgIpc) is 3.58. The van der Waals surface area contributed by atoms with Gasteiger partial charge in [-0.3, -0.25) is 4.79 Å². The molecule has 212 valence electrons. The first kappa shape index (κ1) is 28.1. The number of anilines is 1. The van der Waals surface area contributed by atoms with Crippen molar-refractivity contribution < 1.29 is 36.4 Å². The lowest BCUT2D eigenvalue weighted by atomic mass is 10.0. The van der Waals surface area contributed by atoms with Crippen LogP contribution in [0.1, 0.15) is 24.8 Å². The van der Waals surface area contributed by atoms with Crippen LogP contribution in [-0.2, 0) is 14.3 Å². The molecule has 4 atom stereocenters. The number of amides is 1. The van der Waals surface area contributed by atoms with Gasteiger partial charge in [-0.1, -0.05) is 17.3 Å². The van der Waals surface area contributed by atoms with E-state index in [0.717, 1.165) is 11.3 Å². The molecule has 2 N–H and O–H groups in total. The Kier molecular flexibility index (Phi) is 8.33. The number of aromatic nitrogens is 2. The summed E-state index contributed by atoms with van der Waals surface area (Å²) < 4.78 is 72.0. The Hall–Kier alpha value is -2.46. The van der Waals surface area contributed by atoms with E-state index in [-0.39, 0.29) is 58.7 Å². The predicted octanol–water partition coefficient (Wildman–Crippen LogP) is 4.61. The van der Waals surface area contributed by atoms with Gasteiger partial charge in [-0.2, -0.15) is 18.2 Å². The fraction of sp³-hybridized carbons (Fsp3) is 0.542. The minimum absolute atomic E-state index is 0.0236. The van der Waals surface area contributed by atoms with Gasteiger partial charge < -0.3 is 29.5 Å². The van der Waals surface area contributed by atoms with Crippen LogP contribution in [0.25, 0.3) is 20.8 Å². The number of carbonyl (C=O) groups excluding carboxylic acids is 1. The molecule has 5 rings (SSSR count). The van der Waals surface area contributed by atoms with Crippen molar-refractivity contribution in [3.8, 4) is 10.7 Å². The van der Waals surface area contributed by atoms with Gasteiger partial charge in [-0.15, -0.1) is 11.3 Å². The molecule has 0 spiro atoms. The quantitative estimate of drug-likeness (QED) is 0.211. The number of rotatable bonds is 9. The maximum Gasteiger partial charge on any atom is 0.446 e. The number of carbonyl (C=O) groups is 1. The average molecular weight is 590 g/mol. The van der Waals surface area contributed by atoms with E-state index in [4.69, 9.17) is 14.0 Å². The van der Waals surface area contributed by atoms with Crippen molar-refractivity contribution in [2.45, 2.75) is 47.6 Å². The number of alkyl halides is 4. The van der Waals surface area contributed by atoms with Crippen molar-refractivity contribution in [1.82, 2.24) is 20.4 Å². The van der Waals surface area contributed by atoms with Crippen LogP contribution >= 0.6 is 23.1 Å². The molecular formula is C24H27F4N5O4S2. The highest BCUT2D eigenvalue weighted by Gasteiger charge is 2.38. The second-order valence-corrected chi connectivity index (χ2v) is 11.5. The lowest BCUT2D eigenvalue weighted by molar-refractivity contribution is -0.129. The van der Waals surface area contributed by atoms with Crippen LogP contribution < -0.4 is 10.6 Å². The van der Waals surface area contributed by atoms with E-state index < -0.39 is 29.9 Å². The number of thioether (sulfide) groups is 1. The zero-order valence-corrected chi connectivity index (χ0v) is 22.7. The van der Waals surface area contributed by atoms with E-state index >= 15 is 0 Å². The molecule has 1 amide bonds. The van der Waals surface area contributed by atoms with Crippen LogP contribution in [0.5, 0.6) is 0 Å². The monoisotopic (exact) mass is 589 g/mol. The minimum atomic E-state index is -4.57. The molecule has 0 unspecified atom stereocenters. The summed E-state index contributed by atoms with van der Waals surface area (Å²) in [5.74, 6) is -0.298. The minimum Gasteiger partial charge on any atom is -0.382 e. The summed E-state index contributed by atoms with van der Waals surface area (Å²) in [6.07, 6.45) is -1.05. The fourth-order valence-corrected chi connectivity index (χ4v) is 6.80. The number of halogens is 4. The van der Waals surface area contributed by atoms with Gasteiger partial charge in [0.25, 0.3) is 0 Å². The summed E-state index contributed by atoms with van der Waals surface area (Å²) in [6, 6.07) is 3.87. The zero-order chi connectivity index (χ0) is 27.7. The summed E-state index contributed by atoms with van der Waals surface area (Å²) in [5.41, 5.74) is -4.02. The highest BCUT2D eigenvalue weighted by Crippen LogP contribution is 2.51. The number of benzene rings is 1. The highest BCUT2D eigenvalue weighted by molar-refractivity contribution is 8.00. The van der Waals surface area contributed by atoms with E-state index in [1.807, 2.05) is 11.9 Å². The van der Waals surface area contributed by atoms with E-state index in [1.54, 1.807) is 18.2 Å². The van der Waals surface area contributed by atoms with Gasteiger partial charge in [-0.25, -0.2) is 4.39 Å². The van der Waals surface area contributed by atoms with Crippen molar-refractivity contribution in [1.29, 1.82) is 0 Å². The van der Waals surface area contributed by atoms with Crippen LogP contribution in [0.15, 0.2) is 27.6 Å². The highest BCUT2D eigenvalue weighted by atomic mass is 32.2. The standard InChI is InChI=1S/C24H27F4N5O4S2/c1-33-7-6-14(13(25)11-33)29-15-5-3-4-12-18(15)38-20(19(12)39-24(26,27)28)21-31-23(37-32-21)16-10-17(22(34)30-16)36-9-8-35-2/h3-5,13-14,16-17,29H,6-11H2,1-2H3,(H,30,34)/t13-,14+,16+,17-/m0/s1. The maximum absolute atomic E-state index is 14.7. The first-order valence-corrected chi connectivity index (χ1v) is 13.9. The topological polar surface area (TPSA) is 102 Å². The number of piperidine rings is 1. The molecule has 2 aliphatic rings. The van der Waals surface area contributed by atoms with Crippen molar-refractivity contribution >= 4 is 44.8 Å². The number of likely N-dealkylation sites (tertiary alicyclic amines) is 1. The Bertz CT molecular complexity index is 1320. The number of ether oxygens (including phenoxy) is 2. The third kappa shape index (κ3) is 6.32. The summed E-state index contributed by atoms with van der Waals surface area (Å²) in [5, 5.41) is 10.2. The third-order valence-electron chi connectivity index (χ3n) is 6.58. The van der Waals surface area contributed by atoms with E-state index in [9.17, 15) is 22.4 Å². The molecule has 2 aromatic heterocycles. The molecule has 2 saturated heterocycles. The Labute approximate surface area is 229 Å². The van der Waals surface area contributed by atoms with Gasteiger partial charge in [0.2, 0.25) is 17.6 Å². The van der Waals surface area contributed by atoms with Crippen molar-refractivity contribution in [2.24, 2.45) is 0 Å². The van der Waals surface area contributed by atoms with Crippen LogP contribution in [0.3, 0.4) is 0 Å². The molecule has 15 heteroatoms. The first-order chi connectivity index (χ1) is 18.6. The number of thiophene rings is 1. The fourth-order valence-electron chi connectivity index (χ4n) is 4.69. The molecule has 3 aromatic rings. The number of hydrogen-bond acceptors (Lipinski definition) is 10.